The zero-order valence-electron chi connectivity index (χ0n) is 9.04. The van der Waals surface area contributed by atoms with E-state index < -0.39 is 36.0 Å². The molecular weight excluding hydrogens is 237 g/mol. The maximum Gasteiger partial charge on any atom is 0.311 e. The SMILES string of the molecule is CCOC(=O)Cc1nc(N)c(F)cc1C(F)F. The van der Waals surface area contributed by atoms with Crippen LogP contribution in [0.2, 0.25) is 0 Å². The summed E-state index contributed by atoms with van der Waals surface area (Å²) in [6, 6.07) is 0.585. The lowest BCUT2D eigenvalue weighted by atomic mass is 10.1. The van der Waals surface area contributed by atoms with Crippen molar-refractivity contribution in [2.75, 3.05) is 12.3 Å². The molecule has 0 spiro atoms. The summed E-state index contributed by atoms with van der Waals surface area (Å²) in [6.45, 7) is 1.71. The van der Waals surface area contributed by atoms with E-state index in [1.165, 1.54) is 0 Å². The normalized spacial score (nSPS) is 10.6. The van der Waals surface area contributed by atoms with Crippen molar-refractivity contribution in [2.24, 2.45) is 0 Å². The molecule has 7 heteroatoms. The van der Waals surface area contributed by atoms with Gasteiger partial charge >= 0.3 is 5.97 Å². The van der Waals surface area contributed by atoms with Crippen LogP contribution in [-0.2, 0) is 16.0 Å². The van der Waals surface area contributed by atoms with Gasteiger partial charge in [0.2, 0.25) is 0 Å². The molecule has 1 rings (SSSR count). The number of hydrogen-bond donors (Lipinski definition) is 1. The van der Waals surface area contributed by atoms with Gasteiger partial charge < -0.3 is 10.5 Å². The standard InChI is InChI=1S/C10H11F3N2O2/c1-2-17-8(16)4-7-5(9(12)13)3-6(11)10(14)15-7/h3,9H,2,4H2,1H3,(H2,14,15). The third-order valence-corrected chi connectivity index (χ3v) is 1.97. The highest BCUT2D eigenvalue weighted by atomic mass is 19.3. The number of aromatic nitrogens is 1. The Balaban J connectivity index is 3.04. The Morgan fingerprint density at radius 3 is 2.76 bits per heavy atom. The number of rotatable bonds is 4. The molecule has 17 heavy (non-hydrogen) atoms. The van der Waals surface area contributed by atoms with Gasteiger partial charge in [0, 0.05) is 5.56 Å². The molecule has 0 fully saturated rings. The Morgan fingerprint density at radius 2 is 2.24 bits per heavy atom. The number of halogens is 3. The van der Waals surface area contributed by atoms with E-state index in [9.17, 15) is 18.0 Å². The lowest BCUT2D eigenvalue weighted by Crippen LogP contribution is -2.13. The van der Waals surface area contributed by atoms with E-state index in [-0.39, 0.29) is 12.3 Å². The number of carbonyl (C=O) groups is 1. The van der Waals surface area contributed by atoms with E-state index >= 15 is 0 Å². The second kappa shape index (κ2) is 5.51. The maximum absolute atomic E-state index is 13.0. The molecule has 2 N–H and O–H groups in total. The molecule has 0 saturated carbocycles. The van der Waals surface area contributed by atoms with Gasteiger partial charge in [-0.2, -0.15) is 0 Å². The summed E-state index contributed by atoms with van der Waals surface area (Å²) in [5.74, 6) is -2.27. The fourth-order valence-corrected chi connectivity index (χ4v) is 1.24. The summed E-state index contributed by atoms with van der Waals surface area (Å²) in [6.07, 6.45) is -3.39. The monoisotopic (exact) mass is 248 g/mol. The van der Waals surface area contributed by atoms with Crippen LogP contribution in [-0.4, -0.2) is 17.6 Å². The Morgan fingerprint density at radius 1 is 1.59 bits per heavy atom. The van der Waals surface area contributed by atoms with Gasteiger partial charge in [-0.05, 0) is 13.0 Å². The highest BCUT2D eigenvalue weighted by Gasteiger charge is 2.20. The molecule has 0 saturated heterocycles. The van der Waals surface area contributed by atoms with Crippen LogP contribution in [0.15, 0.2) is 6.07 Å². The molecule has 0 atom stereocenters. The molecule has 0 aliphatic rings. The lowest BCUT2D eigenvalue weighted by molar-refractivity contribution is -0.142. The number of nitrogens with zero attached hydrogens (tertiary/aromatic N) is 1. The van der Waals surface area contributed by atoms with Gasteiger partial charge in [-0.15, -0.1) is 0 Å². The van der Waals surface area contributed by atoms with Gasteiger partial charge in [0.05, 0.1) is 18.7 Å². The summed E-state index contributed by atoms with van der Waals surface area (Å²) in [7, 11) is 0. The topological polar surface area (TPSA) is 65.2 Å². The predicted molar refractivity (Wildman–Crippen MR) is 53.9 cm³/mol. The van der Waals surface area contributed by atoms with E-state index in [4.69, 9.17) is 5.73 Å². The molecule has 1 heterocycles. The van der Waals surface area contributed by atoms with Crippen LogP contribution in [0.4, 0.5) is 19.0 Å². The molecule has 1 aromatic heterocycles. The van der Waals surface area contributed by atoms with Crippen molar-refractivity contribution in [2.45, 2.75) is 19.8 Å². The number of ether oxygens (including phenoxy) is 1. The van der Waals surface area contributed by atoms with Crippen molar-refractivity contribution in [3.63, 3.8) is 0 Å². The molecule has 0 aliphatic carbocycles. The minimum Gasteiger partial charge on any atom is -0.466 e. The molecule has 0 amide bonds. The summed E-state index contributed by atoms with van der Waals surface area (Å²) in [5.41, 5.74) is 4.24. The van der Waals surface area contributed by atoms with E-state index in [2.05, 4.69) is 9.72 Å². The van der Waals surface area contributed by atoms with Gasteiger partial charge in [0.1, 0.15) is 0 Å². The fourth-order valence-electron chi connectivity index (χ4n) is 1.24. The largest absolute Gasteiger partial charge is 0.466 e. The molecule has 4 nitrogen and oxygen atoms in total. The highest BCUT2D eigenvalue weighted by Crippen LogP contribution is 2.25. The van der Waals surface area contributed by atoms with Crippen molar-refractivity contribution in [1.82, 2.24) is 4.98 Å². The summed E-state index contributed by atoms with van der Waals surface area (Å²) < 4.78 is 42.7. The summed E-state index contributed by atoms with van der Waals surface area (Å²) in [5, 5.41) is 0. The second-order valence-electron chi connectivity index (χ2n) is 3.17. The smallest absolute Gasteiger partial charge is 0.311 e. The fraction of sp³-hybridized carbons (Fsp3) is 0.400. The average molecular weight is 248 g/mol. The van der Waals surface area contributed by atoms with Crippen molar-refractivity contribution >= 4 is 11.8 Å². The van der Waals surface area contributed by atoms with Crippen LogP contribution >= 0.6 is 0 Å². The van der Waals surface area contributed by atoms with Gasteiger partial charge in [-0.25, -0.2) is 18.2 Å². The minimum absolute atomic E-state index is 0.125. The van der Waals surface area contributed by atoms with Crippen LogP contribution in [0.5, 0.6) is 0 Å². The van der Waals surface area contributed by atoms with Crippen molar-refractivity contribution in [1.29, 1.82) is 0 Å². The lowest BCUT2D eigenvalue weighted by Gasteiger charge is -2.09. The number of hydrogen-bond acceptors (Lipinski definition) is 4. The quantitative estimate of drug-likeness (QED) is 0.826. The number of nitrogen functional groups attached to an aromatic ring is 1. The number of nitrogens with two attached hydrogens (primary N) is 1. The molecule has 0 radical (unpaired) electrons. The molecule has 0 aromatic carbocycles. The third-order valence-electron chi connectivity index (χ3n) is 1.97. The molecule has 94 valence electrons. The maximum atomic E-state index is 13.0. The molecule has 0 unspecified atom stereocenters. The van der Waals surface area contributed by atoms with E-state index in [1.807, 2.05) is 0 Å². The first-order valence-corrected chi connectivity index (χ1v) is 4.84. The first kappa shape index (κ1) is 13.3. The molecule has 1 aromatic rings. The van der Waals surface area contributed by atoms with E-state index in [0.717, 1.165) is 0 Å². The predicted octanol–water partition coefficient (Wildman–Crippen LogP) is 1.85. The average Bonchev–Trinajstić information content (AvgIpc) is 2.23. The van der Waals surface area contributed by atoms with Gasteiger partial charge in [0.25, 0.3) is 6.43 Å². The van der Waals surface area contributed by atoms with Crippen molar-refractivity contribution < 1.29 is 22.7 Å². The van der Waals surface area contributed by atoms with Crippen molar-refractivity contribution in [3.05, 3.63) is 23.1 Å². The summed E-state index contributed by atoms with van der Waals surface area (Å²) in [4.78, 5) is 14.6. The van der Waals surface area contributed by atoms with Crippen LogP contribution in [0.25, 0.3) is 0 Å². The van der Waals surface area contributed by atoms with E-state index in [1.54, 1.807) is 6.92 Å². The summed E-state index contributed by atoms with van der Waals surface area (Å²) >= 11 is 0. The van der Waals surface area contributed by atoms with Crippen LogP contribution in [0.1, 0.15) is 24.6 Å². The van der Waals surface area contributed by atoms with Gasteiger partial charge in [-0.1, -0.05) is 0 Å². The third kappa shape index (κ3) is 3.33. The van der Waals surface area contributed by atoms with Gasteiger partial charge in [0.15, 0.2) is 11.6 Å². The zero-order valence-corrected chi connectivity index (χ0v) is 9.04. The van der Waals surface area contributed by atoms with Gasteiger partial charge in [-0.3, -0.25) is 4.79 Å². The molecule has 0 bridgehead atoms. The van der Waals surface area contributed by atoms with Crippen LogP contribution in [0, 0.1) is 5.82 Å². The highest BCUT2D eigenvalue weighted by molar-refractivity contribution is 5.72. The second-order valence-corrected chi connectivity index (χ2v) is 3.17. The van der Waals surface area contributed by atoms with Crippen molar-refractivity contribution in [3.8, 4) is 0 Å². The number of alkyl halides is 2. The Kier molecular flexibility index (Phi) is 4.30. The van der Waals surface area contributed by atoms with E-state index in [0.29, 0.717) is 6.07 Å². The molecule has 0 aliphatic heterocycles. The molecular formula is C10H11F3N2O2. The number of esters is 1. The minimum atomic E-state index is -2.93. The number of carbonyl (C=O) groups excluding carboxylic acids is 1. The van der Waals surface area contributed by atoms with Crippen LogP contribution in [0.3, 0.4) is 0 Å². The number of anilines is 1. The first-order chi connectivity index (χ1) is 7.95. The Bertz CT molecular complexity index is 424. The Labute approximate surface area is 95.6 Å². The first-order valence-electron chi connectivity index (χ1n) is 4.84. The number of pyridine rings is 1. The Hall–Kier alpha value is -1.79. The van der Waals surface area contributed by atoms with Crippen LogP contribution < -0.4 is 5.73 Å². The zero-order chi connectivity index (χ0) is 13.0.